The number of carbonyl (C=O) groups excluding carboxylic acids is 1. The first-order valence-electron chi connectivity index (χ1n) is 15.9. The third-order valence-corrected chi connectivity index (χ3v) is 9.69. The summed E-state index contributed by atoms with van der Waals surface area (Å²) in [5.41, 5.74) is -0.0670. The molecule has 3 unspecified atom stereocenters. The molecule has 3 fully saturated rings. The van der Waals surface area contributed by atoms with E-state index in [9.17, 15) is 14.3 Å². The monoisotopic (exact) mass is 575 g/mol. The number of unbranched alkanes of at least 4 members (excludes halogenated alkanes) is 13. The highest BCUT2D eigenvalue weighted by molar-refractivity contribution is 7.47. The van der Waals surface area contributed by atoms with Gasteiger partial charge in [-0.05, 0) is 52.2 Å². The van der Waals surface area contributed by atoms with Crippen LogP contribution in [-0.4, -0.2) is 67.4 Å². The molecule has 3 aliphatic heterocycles. The lowest BCUT2D eigenvalue weighted by Gasteiger charge is -2.51. The first kappa shape index (κ1) is 34.7. The molecule has 3 rings (SSSR count). The third kappa shape index (κ3) is 14.8. The Balaban J connectivity index is 1.51. The normalized spacial score (nSPS) is 23.8. The van der Waals surface area contributed by atoms with Crippen LogP contribution in [0.5, 0.6) is 0 Å². The van der Waals surface area contributed by atoms with Crippen LogP contribution < -0.4 is 0 Å². The third-order valence-electron chi connectivity index (χ3n) is 8.63. The molecule has 0 radical (unpaired) electrons. The lowest BCUT2D eigenvalue weighted by Crippen LogP contribution is -2.53. The van der Waals surface area contributed by atoms with Crippen LogP contribution in [0, 0.1) is 5.41 Å². The second-order valence-electron chi connectivity index (χ2n) is 11.9. The van der Waals surface area contributed by atoms with Crippen molar-refractivity contribution in [3.05, 3.63) is 0 Å². The topological polar surface area (TPSA) is 94.5 Å². The molecule has 39 heavy (non-hydrogen) atoms. The molecule has 0 saturated carbocycles. The van der Waals surface area contributed by atoms with Crippen molar-refractivity contribution in [2.75, 3.05) is 39.5 Å². The zero-order valence-corrected chi connectivity index (χ0v) is 26.1. The van der Waals surface area contributed by atoms with E-state index < -0.39 is 19.9 Å². The molecule has 0 spiro atoms. The average molecular weight is 576 g/mol. The molecule has 3 atom stereocenters. The van der Waals surface area contributed by atoms with E-state index in [-0.39, 0.29) is 24.7 Å². The summed E-state index contributed by atoms with van der Waals surface area (Å²) in [7, 11) is -4.29. The highest BCUT2D eigenvalue weighted by atomic mass is 31.2. The van der Waals surface area contributed by atoms with Gasteiger partial charge in [-0.15, -0.1) is 0 Å². The number of hydrogen-bond donors (Lipinski definition) is 1. The van der Waals surface area contributed by atoms with Crippen molar-refractivity contribution >= 4 is 13.8 Å². The Morgan fingerprint density at radius 1 is 0.846 bits per heavy atom. The summed E-state index contributed by atoms with van der Waals surface area (Å²) in [6.07, 6.45) is 20.0. The molecule has 3 heterocycles. The van der Waals surface area contributed by atoms with Crippen molar-refractivity contribution in [3.8, 4) is 0 Å². The van der Waals surface area contributed by atoms with Gasteiger partial charge >= 0.3 is 13.8 Å². The van der Waals surface area contributed by atoms with E-state index in [2.05, 4.69) is 11.8 Å². The number of ether oxygens (including phenoxy) is 2. The Bertz CT molecular complexity index is 685. The lowest BCUT2D eigenvalue weighted by atomic mass is 9.69. The molecular weight excluding hydrogens is 517 g/mol. The van der Waals surface area contributed by atoms with Gasteiger partial charge in [-0.2, -0.15) is 0 Å². The van der Waals surface area contributed by atoms with Gasteiger partial charge in [0.05, 0.1) is 19.3 Å². The maximum Gasteiger partial charge on any atom is 0.472 e. The number of carbonyl (C=O) groups is 1. The Morgan fingerprint density at radius 2 is 1.33 bits per heavy atom. The van der Waals surface area contributed by atoms with E-state index in [0.29, 0.717) is 6.61 Å². The minimum atomic E-state index is -4.29. The van der Waals surface area contributed by atoms with Gasteiger partial charge in [0.25, 0.3) is 0 Å². The number of hydrogen-bond acceptors (Lipinski definition) is 7. The largest absolute Gasteiger partial charge is 0.472 e. The van der Waals surface area contributed by atoms with Crippen LogP contribution in [0.3, 0.4) is 0 Å². The van der Waals surface area contributed by atoms with Gasteiger partial charge in [-0.25, -0.2) is 4.57 Å². The van der Waals surface area contributed by atoms with Gasteiger partial charge < -0.3 is 19.3 Å². The molecule has 0 amide bonds. The number of esters is 1. The van der Waals surface area contributed by atoms with Crippen LogP contribution in [0.2, 0.25) is 0 Å². The van der Waals surface area contributed by atoms with Crippen LogP contribution in [0.25, 0.3) is 0 Å². The van der Waals surface area contributed by atoms with Crippen molar-refractivity contribution in [2.45, 2.75) is 142 Å². The summed E-state index contributed by atoms with van der Waals surface area (Å²) < 4.78 is 34.5. The maximum absolute atomic E-state index is 12.7. The second kappa shape index (κ2) is 19.6. The molecule has 0 aromatic carbocycles. The number of nitrogens with zero attached hydrogens (tertiary/aromatic N) is 1. The molecule has 2 bridgehead atoms. The van der Waals surface area contributed by atoms with Gasteiger partial charge in [0, 0.05) is 18.9 Å². The van der Waals surface area contributed by atoms with Crippen molar-refractivity contribution < 1.29 is 32.8 Å². The summed E-state index contributed by atoms with van der Waals surface area (Å²) in [6.45, 7) is 8.94. The van der Waals surface area contributed by atoms with E-state index >= 15 is 0 Å². The van der Waals surface area contributed by atoms with Crippen LogP contribution >= 0.6 is 7.82 Å². The highest BCUT2D eigenvalue weighted by Crippen LogP contribution is 2.52. The zero-order valence-electron chi connectivity index (χ0n) is 25.2. The van der Waals surface area contributed by atoms with Crippen LogP contribution in [-0.2, 0) is 27.9 Å². The number of phosphoric acid groups is 1. The van der Waals surface area contributed by atoms with Crippen LogP contribution in [0.4, 0.5) is 0 Å². The standard InChI is InChI=1S/C30H58NO7P/c1-4-5-6-7-8-9-10-11-12-13-14-15-16-17-24-35-25-29(37-28(3)32)26-36-39(33,34)38-27(2)30-18-21-31(22-19-30)23-20-30/h27,29H,4-26H2,1-3H3,(H,33,34). The Kier molecular flexibility index (Phi) is 17.4. The highest BCUT2D eigenvalue weighted by Gasteiger charge is 2.46. The zero-order chi connectivity index (χ0) is 28.4. The van der Waals surface area contributed by atoms with Crippen molar-refractivity contribution in [2.24, 2.45) is 5.41 Å². The van der Waals surface area contributed by atoms with Crippen molar-refractivity contribution in [1.82, 2.24) is 4.90 Å². The van der Waals surface area contributed by atoms with Gasteiger partial charge in [0.1, 0.15) is 6.10 Å². The smallest absolute Gasteiger partial charge is 0.458 e. The van der Waals surface area contributed by atoms with Gasteiger partial charge in [-0.3, -0.25) is 13.8 Å². The number of rotatable bonds is 24. The molecule has 1 N–H and O–H groups in total. The van der Waals surface area contributed by atoms with Crippen LogP contribution in [0.1, 0.15) is 130 Å². The number of piperidine rings is 3. The summed E-state index contributed by atoms with van der Waals surface area (Å²) >= 11 is 0. The molecule has 230 valence electrons. The molecule has 0 aromatic rings. The van der Waals surface area contributed by atoms with Crippen molar-refractivity contribution in [1.29, 1.82) is 0 Å². The quantitative estimate of drug-likeness (QED) is 0.0722. The average Bonchev–Trinajstić information content (AvgIpc) is 2.92. The van der Waals surface area contributed by atoms with Gasteiger partial charge in [0.15, 0.2) is 0 Å². The maximum atomic E-state index is 12.7. The van der Waals surface area contributed by atoms with Crippen molar-refractivity contribution in [3.63, 3.8) is 0 Å². The summed E-state index contributed by atoms with van der Waals surface area (Å²) in [4.78, 5) is 24.3. The molecule has 8 nitrogen and oxygen atoms in total. The fourth-order valence-corrected chi connectivity index (χ4v) is 6.98. The first-order chi connectivity index (χ1) is 18.8. The Morgan fingerprint density at radius 3 is 1.82 bits per heavy atom. The molecular formula is C30H58NO7P. The minimum absolute atomic E-state index is 0.0670. The minimum Gasteiger partial charge on any atom is -0.458 e. The van der Waals surface area contributed by atoms with Crippen LogP contribution in [0.15, 0.2) is 0 Å². The summed E-state index contributed by atoms with van der Waals surface area (Å²) in [6, 6.07) is 0. The Hall–Kier alpha value is -0.500. The summed E-state index contributed by atoms with van der Waals surface area (Å²) in [5.74, 6) is -0.474. The molecule has 3 aliphatic rings. The molecule has 9 heteroatoms. The molecule has 0 aromatic heterocycles. The number of fused-ring (bicyclic) bond motifs is 3. The molecule has 3 saturated heterocycles. The van der Waals surface area contributed by atoms with E-state index in [0.717, 1.165) is 51.7 Å². The predicted octanol–water partition coefficient (Wildman–Crippen LogP) is 7.42. The van der Waals surface area contributed by atoms with E-state index in [1.165, 1.54) is 84.0 Å². The SMILES string of the molecule is CCCCCCCCCCCCCCCCOCC(COP(=O)(O)OC(C)C12CCN(CC1)CC2)OC(C)=O. The van der Waals surface area contributed by atoms with E-state index in [1.54, 1.807) is 0 Å². The fourth-order valence-electron chi connectivity index (χ4n) is 5.95. The summed E-state index contributed by atoms with van der Waals surface area (Å²) in [5, 5.41) is 0. The lowest BCUT2D eigenvalue weighted by molar-refractivity contribution is -0.152. The van der Waals surface area contributed by atoms with Gasteiger partial charge in [0.2, 0.25) is 0 Å². The molecule has 0 aliphatic carbocycles. The van der Waals surface area contributed by atoms with E-state index in [4.69, 9.17) is 18.5 Å². The number of phosphoric ester groups is 1. The second-order valence-corrected chi connectivity index (χ2v) is 13.3. The first-order valence-corrected chi connectivity index (χ1v) is 17.4. The predicted molar refractivity (Wildman–Crippen MR) is 156 cm³/mol. The van der Waals surface area contributed by atoms with E-state index in [1.807, 2.05) is 6.92 Å². The van der Waals surface area contributed by atoms with Gasteiger partial charge in [-0.1, -0.05) is 90.4 Å². The Labute approximate surface area is 238 Å². The fraction of sp³-hybridized carbons (Fsp3) is 0.967.